The van der Waals surface area contributed by atoms with E-state index >= 15 is 0 Å². The summed E-state index contributed by atoms with van der Waals surface area (Å²) in [5, 5.41) is 10.6. The molecule has 1 aromatic heterocycles. The number of carbonyl (C=O) groups excluding carboxylic acids is 1. The van der Waals surface area contributed by atoms with E-state index in [-0.39, 0.29) is 23.9 Å². The van der Waals surface area contributed by atoms with Crippen LogP contribution in [0.1, 0.15) is 35.9 Å². The molecule has 2 N–H and O–H groups in total. The summed E-state index contributed by atoms with van der Waals surface area (Å²) in [6.45, 7) is 5.95. The van der Waals surface area contributed by atoms with Crippen LogP contribution in [0.15, 0.2) is 6.07 Å². The molecular weight excluding hydrogens is 252 g/mol. The summed E-state index contributed by atoms with van der Waals surface area (Å²) < 4.78 is 1.72. The summed E-state index contributed by atoms with van der Waals surface area (Å²) in [5.41, 5.74) is 1.39. The number of hydrogen-bond acceptors (Lipinski definition) is 3. The van der Waals surface area contributed by atoms with Gasteiger partial charge in [-0.2, -0.15) is 5.10 Å². The number of nitrogens with zero attached hydrogens (tertiary/aromatic N) is 2. The minimum Gasteiger partial charge on any atom is -0.345 e. The Bertz CT molecular complexity index is 404. The van der Waals surface area contributed by atoms with E-state index in [0.717, 1.165) is 31.6 Å². The molecule has 2 rings (SSSR count). The number of nitrogens with one attached hydrogen (secondary N) is 2. The molecule has 0 radical (unpaired) electrons. The number of aryl methyl sites for hydroxylation is 2. The van der Waals surface area contributed by atoms with E-state index in [1.54, 1.807) is 4.68 Å². The third-order valence-electron chi connectivity index (χ3n) is 3.47. The van der Waals surface area contributed by atoms with Crippen molar-refractivity contribution in [2.24, 2.45) is 7.05 Å². The number of amides is 1. The van der Waals surface area contributed by atoms with Crippen molar-refractivity contribution in [3.8, 4) is 0 Å². The second-order valence-corrected chi connectivity index (χ2v) is 5.06. The molecule has 1 aromatic rings. The maximum atomic E-state index is 12.1. The lowest BCUT2D eigenvalue weighted by Gasteiger charge is -2.34. The third kappa shape index (κ3) is 3.23. The maximum absolute atomic E-state index is 12.1. The van der Waals surface area contributed by atoms with E-state index in [0.29, 0.717) is 5.69 Å². The maximum Gasteiger partial charge on any atom is 0.272 e. The molecule has 1 aliphatic heterocycles. The Labute approximate surface area is 114 Å². The van der Waals surface area contributed by atoms with Gasteiger partial charge in [0.15, 0.2) is 0 Å². The Morgan fingerprint density at radius 3 is 2.61 bits per heavy atom. The van der Waals surface area contributed by atoms with Crippen LogP contribution in [-0.2, 0) is 7.05 Å². The highest BCUT2D eigenvalue weighted by molar-refractivity contribution is 5.92. The topological polar surface area (TPSA) is 59.0 Å². The van der Waals surface area contributed by atoms with Crippen LogP contribution in [0.2, 0.25) is 0 Å². The molecule has 2 heterocycles. The van der Waals surface area contributed by atoms with Crippen molar-refractivity contribution in [1.29, 1.82) is 0 Å². The molecule has 0 aliphatic carbocycles. The van der Waals surface area contributed by atoms with Gasteiger partial charge in [0, 0.05) is 18.3 Å². The number of hydrogen-bond donors (Lipinski definition) is 2. The van der Waals surface area contributed by atoms with Gasteiger partial charge in [0.05, 0.1) is 0 Å². The number of carbonyl (C=O) groups is 1. The van der Waals surface area contributed by atoms with Gasteiger partial charge in [0.2, 0.25) is 0 Å². The lowest BCUT2D eigenvalue weighted by atomic mass is 9.90. The first kappa shape index (κ1) is 15.0. The van der Waals surface area contributed by atoms with Gasteiger partial charge in [-0.3, -0.25) is 9.48 Å². The van der Waals surface area contributed by atoms with E-state index in [1.807, 2.05) is 20.0 Å². The molecule has 1 saturated heterocycles. The largest absolute Gasteiger partial charge is 0.345 e. The first-order valence-electron chi connectivity index (χ1n) is 6.04. The van der Waals surface area contributed by atoms with Crippen molar-refractivity contribution >= 4 is 18.3 Å². The summed E-state index contributed by atoms with van der Waals surface area (Å²) in [7, 11) is 1.85. The van der Waals surface area contributed by atoms with Crippen LogP contribution in [0.25, 0.3) is 0 Å². The molecule has 0 bridgehead atoms. The summed E-state index contributed by atoms with van der Waals surface area (Å²) in [5.74, 6) is -0.0712. The molecule has 6 heteroatoms. The van der Waals surface area contributed by atoms with Crippen molar-refractivity contribution in [2.75, 3.05) is 13.1 Å². The third-order valence-corrected chi connectivity index (χ3v) is 3.47. The molecule has 102 valence electrons. The minimum atomic E-state index is -0.103. The SMILES string of the molecule is Cc1cc(C(=O)NC2(C)CCNCC2)nn1C.Cl. The first-order valence-corrected chi connectivity index (χ1v) is 6.04. The monoisotopic (exact) mass is 272 g/mol. The highest BCUT2D eigenvalue weighted by Gasteiger charge is 2.29. The molecule has 0 unspecified atom stereocenters. The number of rotatable bonds is 2. The molecule has 1 amide bonds. The van der Waals surface area contributed by atoms with E-state index in [9.17, 15) is 4.79 Å². The van der Waals surface area contributed by atoms with Gasteiger partial charge in [-0.15, -0.1) is 12.4 Å². The van der Waals surface area contributed by atoms with Gasteiger partial charge in [0.25, 0.3) is 5.91 Å². The van der Waals surface area contributed by atoms with Crippen LogP contribution in [-0.4, -0.2) is 34.3 Å². The zero-order chi connectivity index (χ0) is 12.5. The molecule has 0 aromatic carbocycles. The normalized spacial score (nSPS) is 17.9. The van der Waals surface area contributed by atoms with Crippen molar-refractivity contribution in [3.05, 3.63) is 17.5 Å². The second-order valence-electron chi connectivity index (χ2n) is 5.06. The standard InChI is InChI=1S/C12H20N4O.ClH/c1-9-8-10(15-16(9)3)11(17)14-12(2)4-6-13-7-5-12;/h8,13H,4-7H2,1-3H3,(H,14,17);1H. The fourth-order valence-corrected chi connectivity index (χ4v) is 2.11. The zero-order valence-electron chi connectivity index (χ0n) is 11.1. The van der Waals surface area contributed by atoms with E-state index in [4.69, 9.17) is 0 Å². The van der Waals surface area contributed by atoms with Gasteiger partial charge in [-0.25, -0.2) is 0 Å². The van der Waals surface area contributed by atoms with Crippen molar-refractivity contribution in [2.45, 2.75) is 32.2 Å². The van der Waals surface area contributed by atoms with E-state index in [2.05, 4.69) is 22.7 Å². The van der Waals surface area contributed by atoms with Crippen LogP contribution < -0.4 is 10.6 Å². The first-order chi connectivity index (χ1) is 8.00. The molecule has 18 heavy (non-hydrogen) atoms. The fraction of sp³-hybridized carbons (Fsp3) is 0.667. The quantitative estimate of drug-likeness (QED) is 0.845. The Morgan fingerprint density at radius 1 is 1.50 bits per heavy atom. The van der Waals surface area contributed by atoms with Crippen LogP contribution in [0, 0.1) is 6.92 Å². The number of piperidine rings is 1. The number of halogens is 1. The van der Waals surface area contributed by atoms with Gasteiger partial charge < -0.3 is 10.6 Å². The summed E-state index contributed by atoms with van der Waals surface area (Å²) >= 11 is 0. The summed E-state index contributed by atoms with van der Waals surface area (Å²) in [6, 6.07) is 1.82. The van der Waals surface area contributed by atoms with Crippen LogP contribution in [0.5, 0.6) is 0 Å². The Morgan fingerprint density at radius 2 is 2.11 bits per heavy atom. The average molecular weight is 273 g/mol. The van der Waals surface area contributed by atoms with E-state index in [1.165, 1.54) is 0 Å². The smallest absolute Gasteiger partial charge is 0.272 e. The van der Waals surface area contributed by atoms with Gasteiger partial charge in [0.1, 0.15) is 5.69 Å². The Hall–Kier alpha value is -1.07. The molecule has 0 spiro atoms. The zero-order valence-corrected chi connectivity index (χ0v) is 11.9. The van der Waals surface area contributed by atoms with Crippen LogP contribution in [0.4, 0.5) is 0 Å². The highest BCUT2D eigenvalue weighted by Crippen LogP contribution is 2.17. The molecule has 1 fully saturated rings. The molecule has 0 atom stereocenters. The molecule has 5 nitrogen and oxygen atoms in total. The van der Waals surface area contributed by atoms with Crippen molar-refractivity contribution in [3.63, 3.8) is 0 Å². The van der Waals surface area contributed by atoms with Crippen LogP contribution >= 0.6 is 12.4 Å². The average Bonchev–Trinajstić information content (AvgIpc) is 2.60. The lowest BCUT2D eigenvalue weighted by Crippen LogP contribution is -2.52. The van der Waals surface area contributed by atoms with Crippen LogP contribution in [0.3, 0.4) is 0 Å². The van der Waals surface area contributed by atoms with Gasteiger partial charge >= 0.3 is 0 Å². The Kier molecular flexibility index (Phi) is 4.76. The molecule has 1 aliphatic rings. The molecule has 0 saturated carbocycles. The predicted octanol–water partition coefficient (Wildman–Crippen LogP) is 1.02. The van der Waals surface area contributed by atoms with Gasteiger partial charge in [-0.1, -0.05) is 0 Å². The summed E-state index contributed by atoms with van der Waals surface area (Å²) in [4.78, 5) is 12.1. The van der Waals surface area contributed by atoms with Crippen molar-refractivity contribution < 1.29 is 4.79 Å². The molecular formula is C12H21ClN4O. The second kappa shape index (κ2) is 5.71. The van der Waals surface area contributed by atoms with Gasteiger partial charge in [-0.05, 0) is 45.8 Å². The minimum absolute atomic E-state index is 0. The fourth-order valence-electron chi connectivity index (χ4n) is 2.11. The Balaban J connectivity index is 0.00000162. The lowest BCUT2D eigenvalue weighted by molar-refractivity contribution is 0.0881. The van der Waals surface area contributed by atoms with E-state index < -0.39 is 0 Å². The highest BCUT2D eigenvalue weighted by atomic mass is 35.5. The number of aromatic nitrogens is 2. The van der Waals surface area contributed by atoms with Crippen molar-refractivity contribution in [1.82, 2.24) is 20.4 Å². The summed E-state index contributed by atoms with van der Waals surface area (Å²) in [6.07, 6.45) is 1.93. The predicted molar refractivity (Wildman–Crippen MR) is 73.2 cm³/mol.